The second kappa shape index (κ2) is 8.39. The van der Waals surface area contributed by atoms with E-state index in [9.17, 15) is 14.4 Å². The fraction of sp³-hybridized carbons (Fsp3) is 0.368. The van der Waals surface area contributed by atoms with Crippen LogP contribution in [-0.4, -0.2) is 51.0 Å². The zero-order valence-electron chi connectivity index (χ0n) is 15.0. The molecule has 7 nitrogen and oxygen atoms in total. The molecule has 1 N–H and O–H groups in total. The summed E-state index contributed by atoms with van der Waals surface area (Å²) in [6.45, 7) is 0.494. The molecule has 0 spiro atoms. The van der Waals surface area contributed by atoms with E-state index in [1.807, 2.05) is 30.5 Å². The van der Waals surface area contributed by atoms with Crippen LogP contribution in [-0.2, 0) is 16.1 Å². The summed E-state index contributed by atoms with van der Waals surface area (Å²) in [5, 5.41) is 13.5. The van der Waals surface area contributed by atoms with Crippen molar-refractivity contribution in [2.45, 2.75) is 24.3 Å². The van der Waals surface area contributed by atoms with Crippen LogP contribution in [0.15, 0.2) is 46.1 Å². The third-order valence-corrected chi connectivity index (χ3v) is 5.40. The summed E-state index contributed by atoms with van der Waals surface area (Å²) < 4.78 is 1.14. The van der Waals surface area contributed by atoms with E-state index in [-0.39, 0.29) is 24.6 Å². The Balaban J connectivity index is 1.77. The van der Waals surface area contributed by atoms with Gasteiger partial charge in [0.2, 0.25) is 5.91 Å². The maximum absolute atomic E-state index is 12.5. The van der Waals surface area contributed by atoms with Crippen LogP contribution in [0.1, 0.15) is 12.8 Å². The van der Waals surface area contributed by atoms with Crippen molar-refractivity contribution in [1.82, 2.24) is 14.7 Å². The van der Waals surface area contributed by atoms with E-state index in [1.54, 1.807) is 17.8 Å². The number of carbonyl (C=O) groups is 2. The molecule has 1 aromatic carbocycles. The standard InChI is InChI=1S/C19H21N3O4S/c1-27-15-6-4-13(5-7-15)16-8-9-17(23)22(20-16)12-18(24)21-10-2-3-14(11-21)19(25)26/h4-9,14H,2-3,10-12H2,1H3,(H,25,26)/t14-/m0/s1. The number of aliphatic carboxylic acids is 1. The number of rotatable bonds is 5. The van der Waals surface area contributed by atoms with Crippen LogP contribution in [0.4, 0.5) is 0 Å². The lowest BCUT2D eigenvalue weighted by atomic mass is 9.98. The number of carboxylic acids is 1. The molecule has 1 aliphatic heterocycles. The monoisotopic (exact) mass is 387 g/mol. The molecule has 0 radical (unpaired) electrons. The fourth-order valence-corrected chi connectivity index (χ4v) is 3.52. The number of thioether (sulfide) groups is 1. The summed E-state index contributed by atoms with van der Waals surface area (Å²) in [6, 6.07) is 10.8. The number of benzene rings is 1. The molecule has 2 heterocycles. The number of amides is 1. The third kappa shape index (κ3) is 4.57. The van der Waals surface area contributed by atoms with E-state index in [2.05, 4.69) is 5.10 Å². The first-order chi connectivity index (χ1) is 13.0. The molecular formula is C19H21N3O4S. The number of hydrogen-bond acceptors (Lipinski definition) is 5. The first-order valence-electron chi connectivity index (χ1n) is 8.71. The molecule has 1 saturated heterocycles. The molecule has 0 bridgehead atoms. The molecule has 0 saturated carbocycles. The molecule has 0 aliphatic carbocycles. The van der Waals surface area contributed by atoms with E-state index in [0.717, 1.165) is 15.1 Å². The fourth-order valence-electron chi connectivity index (χ4n) is 3.11. The number of piperidine rings is 1. The lowest BCUT2D eigenvalue weighted by Gasteiger charge is -2.30. The highest BCUT2D eigenvalue weighted by molar-refractivity contribution is 7.98. The van der Waals surface area contributed by atoms with E-state index in [0.29, 0.717) is 25.1 Å². The minimum Gasteiger partial charge on any atom is -0.481 e. The number of carbonyl (C=O) groups excluding carboxylic acids is 1. The van der Waals surface area contributed by atoms with Crippen LogP contribution < -0.4 is 5.56 Å². The van der Waals surface area contributed by atoms with Gasteiger partial charge in [0.25, 0.3) is 5.56 Å². The van der Waals surface area contributed by atoms with Crippen molar-refractivity contribution < 1.29 is 14.7 Å². The van der Waals surface area contributed by atoms with Gasteiger partial charge in [-0.05, 0) is 37.3 Å². The van der Waals surface area contributed by atoms with Crippen molar-refractivity contribution in [3.63, 3.8) is 0 Å². The average molecular weight is 387 g/mol. The van der Waals surface area contributed by atoms with Crippen molar-refractivity contribution in [3.8, 4) is 11.3 Å². The highest BCUT2D eigenvalue weighted by atomic mass is 32.2. The Kier molecular flexibility index (Phi) is 5.95. The SMILES string of the molecule is CSc1ccc(-c2ccc(=O)n(CC(=O)N3CCC[C@H](C(=O)O)C3)n2)cc1. The van der Waals surface area contributed by atoms with Gasteiger partial charge in [-0.2, -0.15) is 5.10 Å². The summed E-state index contributed by atoms with van der Waals surface area (Å²) in [6.07, 6.45) is 3.21. The molecule has 142 valence electrons. The van der Waals surface area contributed by atoms with Gasteiger partial charge >= 0.3 is 5.97 Å². The number of hydrogen-bond donors (Lipinski definition) is 1. The zero-order chi connectivity index (χ0) is 19.4. The van der Waals surface area contributed by atoms with Crippen molar-refractivity contribution >= 4 is 23.6 Å². The molecule has 1 atom stereocenters. The van der Waals surface area contributed by atoms with E-state index < -0.39 is 11.9 Å². The predicted molar refractivity (Wildman–Crippen MR) is 103 cm³/mol. The summed E-state index contributed by atoms with van der Waals surface area (Å²) in [7, 11) is 0. The van der Waals surface area contributed by atoms with Crippen LogP contribution in [0.2, 0.25) is 0 Å². The first kappa shape index (κ1) is 19.2. The lowest BCUT2D eigenvalue weighted by molar-refractivity contribution is -0.145. The van der Waals surface area contributed by atoms with Gasteiger partial charge in [-0.15, -0.1) is 11.8 Å². The summed E-state index contributed by atoms with van der Waals surface area (Å²) in [5.74, 6) is -1.72. The molecule has 1 aromatic heterocycles. The Morgan fingerprint density at radius 3 is 2.63 bits per heavy atom. The normalized spacial score (nSPS) is 16.9. The average Bonchev–Trinajstić information content (AvgIpc) is 2.69. The topological polar surface area (TPSA) is 92.5 Å². The number of carboxylic acid groups (broad SMARTS) is 1. The molecule has 0 unspecified atom stereocenters. The summed E-state index contributed by atoms with van der Waals surface area (Å²) >= 11 is 1.64. The molecule has 27 heavy (non-hydrogen) atoms. The number of aromatic nitrogens is 2. The van der Waals surface area contributed by atoms with E-state index in [1.165, 1.54) is 11.0 Å². The van der Waals surface area contributed by atoms with Crippen LogP contribution in [0.3, 0.4) is 0 Å². The van der Waals surface area contributed by atoms with Gasteiger partial charge in [-0.3, -0.25) is 14.4 Å². The first-order valence-corrected chi connectivity index (χ1v) is 9.93. The van der Waals surface area contributed by atoms with E-state index >= 15 is 0 Å². The van der Waals surface area contributed by atoms with Gasteiger partial charge in [-0.1, -0.05) is 12.1 Å². The second-order valence-electron chi connectivity index (χ2n) is 6.46. The lowest BCUT2D eigenvalue weighted by Crippen LogP contribution is -2.44. The van der Waals surface area contributed by atoms with Crippen LogP contribution >= 0.6 is 11.8 Å². The van der Waals surface area contributed by atoms with Gasteiger partial charge in [0, 0.05) is 29.6 Å². The maximum atomic E-state index is 12.5. The van der Waals surface area contributed by atoms with Crippen LogP contribution in [0, 0.1) is 5.92 Å². The second-order valence-corrected chi connectivity index (χ2v) is 7.34. The Labute approximate surface area is 161 Å². The minimum absolute atomic E-state index is 0.179. The van der Waals surface area contributed by atoms with E-state index in [4.69, 9.17) is 5.11 Å². The van der Waals surface area contributed by atoms with Crippen LogP contribution in [0.5, 0.6) is 0 Å². The predicted octanol–water partition coefficient (Wildman–Crippen LogP) is 1.96. The quantitative estimate of drug-likeness (QED) is 0.789. The Bertz CT molecular complexity index is 895. The Morgan fingerprint density at radius 1 is 1.22 bits per heavy atom. The molecule has 8 heteroatoms. The highest BCUT2D eigenvalue weighted by Crippen LogP contribution is 2.21. The van der Waals surface area contributed by atoms with Crippen molar-refractivity contribution in [2.75, 3.05) is 19.3 Å². The molecule has 2 aromatic rings. The van der Waals surface area contributed by atoms with Crippen molar-refractivity contribution in [2.24, 2.45) is 5.92 Å². The van der Waals surface area contributed by atoms with Crippen molar-refractivity contribution in [1.29, 1.82) is 0 Å². The molecule has 1 amide bonds. The minimum atomic E-state index is -0.890. The Morgan fingerprint density at radius 2 is 1.96 bits per heavy atom. The van der Waals surface area contributed by atoms with Gasteiger partial charge in [0.1, 0.15) is 6.54 Å². The highest BCUT2D eigenvalue weighted by Gasteiger charge is 2.28. The number of nitrogens with zero attached hydrogens (tertiary/aromatic N) is 3. The maximum Gasteiger partial charge on any atom is 0.308 e. The van der Waals surface area contributed by atoms with Gasteiger partial charge in [0.05, 0.1) is 11.6 Å². The molecule has 1 aliphatic rings. The summed E-state index contributed by atoms with van der Waals surface area (Å²) in [4.78, 5) is 38.5. The zero-order valence-corrected chi connectivity index (χ0v) is 15.8. The summed E-state index contributed by atoms with van der Waals surface area (Å²) in [5.41, 5.74) is 1.11. The molecular weight excluding hydrogens is 366 g/mol. The number of likely N-dealkylation sites (tertiary alicyclic amines) is 1. The van der Waals surface area contributed by atoms with Crippen LogP contribution in [0.25, 0.3) is 11.3 Å². The van der Waals surface area contributed by atoms with Gasteiger partial charge in [0.15, 0.2) is 0 Å². The van der Waals surface area contributed by atoms with Gasteiger partial charge in [-0.25, -0.2) is 4.68 Å². The molecule has 3 rings (SSSR count). The third-order valence-electron chi connectivity index (χ3n) is 4.66. The largest absolute Gasteiger partial charge is 0.481 e. The van der Waals surface area contributed by atoms with Crippen molar-refractivity contribution in [3.05, 3.63) is 46.8 Å². The smallest absolute Gasteiger partial charge is 0.308 e. The van der Waals surface area contributed by atoms with Gasteiger partial charge < -0.3 is 10.0 Å². The Hall–Kier alpha value is -2.61. The molecule has 1 fully saturated rings.